The van der Waals surface area contributed by atoms with Crippen LogP contribution in [0.1, 0.15) is 13.3 Å². The quantitative estimate of drug-likeness (QED) is 0.698. The Morgan fingerprint density at radius 3 is 2.35 bits per heavy atom. The monoisotopic (exact) mass is 306 g/mol. The van der Waals surface area contributed by atoms with E-state index < -0.39 is 30.5 Å². The van der Waals surface area contributed by atoms with Crippen molar-refractivity contribution in [2.45, 2.75) is 18.9 Å². The van der Waals surface area contributed by atoms with Crippen LogP contribution in [0.3, 0.4) is 0 Å². The molecule has 0 N–H and O–H groups in total. The Hall–Kier alpha value is 0.690. The van der Waals surface area contributed by atoms with Crippen LogP contribution in [0.5, 0.6) is 0 Å². The van der Waals surface area contributed by atoms with Gasteiger partial charge in [-0.05, 0) is 6.42 Å². The van der Waals surface area contributed by atoms with E-state index in [1.54, 1.807) is 0 Å². The van der Waals surface area contributed by atoms with Gasteiger partial charge in [0.25, 0.3) is 0 Å². The van der Waals surface area contributed by atoms with Crippen LogP contribution in [0, 0.1) is 0 Å². The fourth-order valence-electron chi connectivity index (χ4n) is 1.14. The fourth-order valence-corrected chi connectivity index (χ4v) is 3.71. The summed E-state index contributed by atoms with van der Waals surface area (Å²) in [6.07, 6.45) is 0.559. The number of hydrogen-bond donors (Lipinski definition) is 0. The van der Waals surface area contributed by atoms with Crippen LogP contribution in [-0.2, 0) is 31.5 Å². The zero-order valence-corrected chi connectivity index (χ0v) is 12.8. The number of rotatable bonds is 6. The van der Waals surface area contributed by atoms with Crippen molar-refractivity contribution in [1.29, 1.82) is 0 Å². The predicted molar refractivity (Wildman–Crippen MR) is 65.0 cm³/mol. The normalized spacial score (nSPS) is 33.2. The van der Waals surface area contributed by atoms with Crippen LogP contribution in [0.4, 0.5) is 0 Å². The summed E-state index contributed by atoms with van der Waals surface area (Å²) in [5.74, 6) is 0. The van der Waals surface area contributed by atoms with Crippen molar-refractivity contribution in [3.63, 3.8) is 0 Å². The molecule has 0 bridgehead atoms. The molecule has 17 heavy (non-hydrogen) atoms. The molecule has 1 aliphatic rings. The van der Waals surface area contributed by atoms with Gasteiger partial charge < -0.3 is 13.6 Å². The molecule has 0 saturated carbocycles. The molecule has 0 radical (unpaired) electrons. The topological polar surface area (TPSA) is 80.3 Å². The molecule has 0 aromatic rings. The van der Waals surface area contributed by atoms with Gasteiger partial charge in [-0.25, -0.2) is 4.31 Å². The minimum Gasteiger partial charge on any atom is -0.331 e. The summed E-state index contributed by atoms with van der Waals surface area (Å²) in [5.41, 5.74) is -0.791. The van der Waals surface area contributed by atoms with Gasteiger partial charge in [0.1, 0.15) is 5.60 Å². The van der Waals surface area contributed by atoms with Gasteiger partial charge in [-0.3, -0.25) is 13.7 Å². The second-order valence-corrected chi connectivity index (χ2v) is 7.26. The van der Waals surface area contributed by atoms with Gasteiger partial charge in [0.05, 0.1) is 13.2 Å². The molecule has 2 unspecified atom stereocenters. The molecular formula is C7H17O7P3. The second-order valence-electron chi connectivity index (χ2n) is 3.43. The Morgan fingerprint density at radius 1 is 1.29 bits per heavy atom. The minimum atomic E-state index is -2.88. The maximum atomic E-state index is 11.5. The summed E-state index contributed by atoms with van der Waals surface area (Å²) in [6, 6.07) is 0. The van der Waals surface area contributed by atoms with Gasteiger partial charge in [-0.1, -0.05) is 6.92 Å². The molecule has 0 aromatic carbocycles. The van der Waals surface area contributed by atoms with Crippen molar-refractivity contribution in [1.82, 2.24) is 0 Å². The van der Waals surface area contributed by atoms with Gasteiger partial charge >= 0.3 is 16.5 Å². The molecule has 7 nitrogen and oxygen atoms in total. The first-order chi connectivity index (χ1) is 8.01. The van der Waals surface area contributed by atoms with E-state index in [1.807, 2.05) is 13.6 Å². The molecule has 0 amide bonds. The van der Waals surface area contributed by atoms with Gasteiger partial charge in [0.15, 0.2) is 8.38 Å². The summed E-state index contributed by atoms with van der Waals surface area (Å²) in [7, 11) is -5.31. The summed E-state index contributed by atoms with van der Waals surface area (Å²) < 4.78 is 47.4. The SMILES string of the molecule is CCC1(O[PH](=O)O[PH](=O)OC)COP(C)OC1. The molecule has 1 aliphatic heterocycles. The lowest BCUT2D eigenvalue weighted by Crippen LogP contribution is -2.42. The van der Waals surface area contributed by atoms with Crippen molar-refractivity contribution in [2.24, 2.45) is 0 Å². The lowest BCUT2D eigenvalue weighted by atomic mass is 10.0. The molecule has 1 rings (SSSR count). The summed E-state index contributed by atoms with van der Waals surface area (Å²) in [5, 5.41) is 0. The third kappa shape index (κ3) is 5.06. The zero-order valence-electron chi connectivity index (χ0n) is 9.93. The largest absolute Gasteiger partial charge is 0.331 e. The van der Waals surface area contributed by atoms with E-state index in [-0.39, 0.29) is 0 Å². The lowest BCUT2D eigenvalue weighted by Gasteiger charge is -2.36. The maximum absolute atomic E-state index is 11.5. The molecule has 1 fully saturated rings. The van der Waals surface area contributed by atoms with E-state index in [9.17, 15) is 9.13 Å². The molecule has 1 saturated heterocycles. The van der Waals surface area contributed by atoms with E-state index in [4.69, 9.17) is 13.6 Å². The van der Waals surface area contributed by atoms with E-state index in [0.717, 1.165) is 0 Å². The van der Waals surface area contributed by atoms with E-state index in [2.05, 4.69) is 8.83 Å². The van der Waals surface area contributed by atoms with Crippen molar-refractivity contribution >= 4 is 24.9 Å². The molecule has 0 aromatic heterocycles. The van der Waals surface area contributed by atoms with Crippen molar-refractivity contribution in [3.05, 3.63) is 0 Å². The van der Waals surface area contributed by atoms with Gasteiger partial charge in [-0.15, -0.1) is 0 Å². The van der Waals surface area contributed by atoms with Crippen LogP contribution in [0.25, 0.3) is 0 Å². The maximum Gasteiger partial charge on any atom is 0.326 e. The Morgan fingerprint density at radius 2 is 1.88 bits per heavy atom. The van der Waals surface area contributed by atoms with Crippen LogP contribution < -0.4 is 0 Å². The summed E-state index contributed by atoms with van der Waals surface area (Å²) in [6.45, 7) is 4.28. The highest BCUT2D eigenvalue weighted by Gasteiger charge is 2.38. The van der Waals surface area contributed by atoms with Crippen molar-refractivity contribution < 1.29 is 31.5 Å². The third-order valence-corrected chi connectivity index (χ3v) is 5.55. The van der Waals surface area contributed by atoms with Gasteiger partial charge in [0, 0.05) is 13.8 Å². The van der Waals surface area contributed by atoms with Crippen molar-refractivity contribution in [3.8, 4) is 0 Å². The van der Waals surface area contributed by atoms with Crippen LogP contribution in [0.2, 0.25) is 0 Å². The Balaban J connectivity index is 2.51. The van der Waals surface area contributed by atoms with Gasteiger partial charge in [-0.2, -0.15) is 0 Å². The minimum absolute atomic E-state index is 0.291. The average molecular weight is 306 g/mol. The Labute approximate surface area is 103 Å². The standard InChI is InChI=1S/C7H17O7P3/c1-4-7(5-11-15(3)12-6-7)13-17(9)14-16(8)10-2/h16-17H,4-6H2,1-3H3. The van der Waals surface area contributed by atoms with Gasteiger partial charge in [0.2, 0.25) is 0 Å². The molecule has 10 heteroatoms. The molecule has 0 aliphatic carbocycles. The third-order valence-electron chi connectivity index (χ3n) is 2.30. The van der Waals surface area contributed by atoms with E-state index >= 15 is 0 Å². The average Bonchev–Trinajstić information content (AvgIpc) is 2.32. The van der Waals surface area contributed by atoms with E-state index in [0.29, 0.717) is 19.6 Å². The number of hydrogen-bond acceptors (Lipinski definition) is 7. The summed E-state index contributed by atoms with van der Waals surface area (Å²) in [4.78, 5) is 0. The zero-order chi connectivity index (χ0) is 12.9. The van der Waals surface area contributed by atoms with Crippen LogP contribution in [-0.4, -0.2) is 32.6 Å². The smallest absolute Gasteiger partial charge is 0.326 e. The first-order valence-corrected chi connectivity index (χ1v) is 9.07. The van der Waals surface area contributed by atoms with Crippen molar-refractivity contribution in [2.75, 3.05) is 27.0 Å². The molecule has 0 spiro atoms. The first kappa shape index (κ1) is 15.7. The lowest BCUT2D eigenvalue weighted by molar-refractivity contribution is -0.0467. The molecule has 102 valence electrons. The summed E-state index contributed by atoms with van der Waals surface area (Å²) >= 11 is 0. The Bertz CT molecular complexity index is 289. The highest BCUT2D eigenvalue weighted by atomic mass is 31.2. The first-order valence-electron chi connectivity index (χ1n) is 4.99. The second kappa shape index (κ2) is 7.32. The molecular weight excluding hydrogens is 289 g/mol. The van der Waals surface area contributed by atoms with Crippen LogP contribution in [0.15, 0.2) is 0 Å². The Kier molecular flexibility index (Phi) is 6.78. The highest BCUT2D eigenvalue weighted by Crippen LogP contribution is 2.47. The van der Waals surface area contributed by atoms with E-state index in [1.165, 1.54) is 7.11 Å². The highest BCUT2D eigenvalue weighted by molar-refractivity contribution is 7.47. The molecule has 1 heterocycles. The molecule has 2 atom stereocenters. The fraction of sp³-hybridized carbons (Fsp3) is 1.00. The predicted octanol–water partition coefficient (Wildman–Crippen LogP) is 2.58. The van der Waals surface area contributed by atoms with Crippen LogP contribution >= 0.6 is 24.9 Å².